The van der Waals surface area contributed by atoms with Crippen molar-refractivity contribution in [2.75, 3.05) is 13.6 Å². The van der Waals surface area contributed by atoms with Gasteiger partial charge in [0, 0.05) is 22.8 Å². The Labute approximate surface area is 97.1 Å². The first-order valence-electron chi connectivity index (χ1n) is 5.72. The molecule has 0 spiro atoms. The first kappa shape index (κ1) is 12.7. The molecule has 0 atom stereocenters. The molecule has 0 amide bonds. The predicted molar refractivity (Wildman–Crippen MR) is 68.1 cm³/mol. The topological polar surface area (TPSA) is 29.3 Å². The zero-order valence-corrected chi connectivity index (χ0v) is 10.6. The summed E-state index contributed by atoms with van der Waals surface area (Å²) in [7, 11) is 2.19. The second-order valence-corrected chi connectivity index (χ2v) is 5.27. The molecule has 1 heterocycles. The molecular weight excluding hydrogens is 204 g/mol. The van der Waals surface area contributed by atoms with Gasteiger partial charge in [-0.25, -0.2) is 0 Å². The Morgan fingerprint density at radius 3 is 2.60 bits per heavy atom. The minimum atomic E-state index is 0.671. The van der Waals surface area contributed by atoms with Gasteiger partial charge < -0.3 is 10.6 Å². The lowest BCUT2D eigenvalue weighted by Gasteiger charge is -2.14. The number of hydrogen-bond acceptors (Lipinski definition) is 3. The highest BCUT2D eigenvalue weighted by atomic mass is 32.1. The zero-order valence-electron chi connectivity index (χ0n) is 9.83. The fourth-order valence-corrected chi connectivity index (χ4v) is 2.57. The molecule has 2 N–H and O–H groups in total. The summed E-state index contributed by atoms with van der Waals surface area (Å²) in [5.41, 5.74) is 5.59. The molecular formula is C12H22N2S. The van der Waals surface area contributed by atoms with Gasteiger partial charge in [0.15, 0.2) is 0 Å². The molecule has 1 rings (SSSR count). The number of nitrogens with two attached hydrogens (primary N) is 1. The smallest absolute Gasteiger partial charge is 0.0324 e. The second kappa shape index (κ2) is 6.99. The normalized spacial score (nSPS) is 11.2. The Morgan fingerprint density at radius 1 is 1.27 bits per heavy atom. The van der Waals surface area contributed by atoms with Crippen molar-refractivity contribution in [2.45, 2.75) is 39.3 Å². The summed E-state index contributed by atoms with van der Waals surface area (Å²) in [5, 5.41) is 0. The Bertz CT molecular complexity index is 270. The standard InChI is InChI=1S/C12H22N2S/c1-3-4-5-8-14(2)10-12-7-6-11(9-13)15-12/h6-7H,3-5,8-10,13H2,1-2H3. The Kier molecular flexibility index (Phi) is 5.91. The minimum Gasteiger partial charge on any atom is -0.326 e. The van der Waals surface area contributed by atoms with Crippen LogP contribution in [0.5, 0.6) is 0 Å². The number of thiophene rings is 1. The number of unbranched alkanes of at least 4 members (excludes halogenated alkanes) is 2. The fraction of sp³-hybridized carbons (Fsp3) is 0.667. The van der Waals surface area contributed by atoms with E-state index < -0.39 is 0 Å². The van der Waals surface area contributed by atoms with E-state index in [0.29, 0.717) is 6.54 Å². The molecule has 1 aromatic rings. The fourth-order valence-electron chi connectivity index (χ4n) is 1.59. The third-order valence-corrected chi connectivity index (χ3v) is 3.58. The molecule has 0 saturated heterocycles. The van der Waals surface area contributed by atoms with Crippen molar-refractivity contribution < 1.29 is 0 Å². The molecule has 0 fully saturated rings. The van der Waals surface area contributed by atoms with E-state index in [1.54, 1.807) is 0 Å². The molecule has 0 bridgehead atoms. The van der Waals surface area contributed by atoms with E-state index in [9.17, 15) is 0 Å². The SMILES string of the molecule is CCCCCN(C)Cc1ccc(CN)s1. The first-order valence-corrected chi connectivity index (χ1v) is 6.54. The molecule has 3 heteroatoms. The van der Waals surface area contributed by atoms with Crippen LogP contribution in [0, 0.1) is 0 Å². The van der Waals surface area contributed by atoms with Crippen LogP contribution in [0.15, 0.2) is 12.1 Å². The van der Waals surface area contributed by atoms with E-state index in [4.69, 9.17) is 5.73 Å². The molecule has 0 saturated carbocycles. The lowest BCUT2D eigenvalue weighted by atomic mass is 10.2. The molecule has 15 heavy (non-hydrogen) atoms. The van der Waals surface area contributed by atoms with Crippen LogP contribution in [0.3, 0.4) is 0 Å². The van der Waals surface area contributed by atoms with Crippen molar-refractivity contribution in [3.05, 3.63) is 21.9 Å². The Hall–Kier alpha value is -0.380. The van der Waals surface area contributed by atoms with Gasteiger partial charge in [-0.2, -0.15) is 0 Å². The van der Waals surface area contributed by atoms with E-state index in [-0.39, 0.29) is 0 Å². The lowest BCUT2D eigenvalue weighted by Crippen LogP contribution is -2.18. The summed E-state index contributed by atoms with van der Waals surface area (Å²) in [4.78, 5) is 5.10. The van der Waals surface area contributed by atoms with Crippen LogP contribution in [0.2, 0.25) is 0 Å². The Balaban J connectivity index is 2.27. The van der Waals surface area contributed by atoms with Crippen LogP contribution in [-0.2, 0) is 13.1 Å². The minimum absolute atomic E-state index is 0.671. The number of hydrogen-bond donors (Lipinski definition) is 1. The molecule has 2 nitrogen and oxygen atoms in total. The highest BCUT2D eigenvalue weighted by molar-refractivity contribution is 7.11. The van der Waals surface area contributed by atoms with Crippen molar-refractivity contribution in [3.63, 3.8) is 0 Å². The van der Waals surface area contributed by atoms with Gasteiger partial charge in [0.25, 0.3) is 0 Å². The maximum absolute atomic E-state index is 5.59. The third kappa shape index (κ3) is 4.78. The number of nitrogens with zero attached hydrogens (tertiary/aromatic N) is 1. The maximum Gasteiger partial charge on any atom is 0.0324 e. The number of rotatable bonds is 7. The summed E-state index contributed by atoms with van der Waals surface area (Å²) in [6, 6.07) is 4.34. The van der Waals surface area contributed by atoms with Crippen molar-refractivity contribution in [3.8, 4) is 0 Å². The van der Waals surface area contributed by atoms with Crippen molar-refractivity contribution in [1.29, 1.82) is 0 Å². The third-order valence-electron chi connectivity index (χ3n) is 2.49. The largest absolute Gasteiger partial charge is 0.326 e. The average Bonchev–Trinajstić information content (AvgIpc) is 2.66. The van der Waals surface area contributed by atoms with Gasteiger partial charge >= 0.3 is 0 Å². The van der Waals surface area contributed by atoms with Crippen molar-refractivity contribution in [2.24, 2.45) is 5.73 Å². The molecule has 0 aromatic carbocycles. The van der Waals surface area contributed by atoms with Gasteiger partial charge in [0.2, 0.25) is 0 Å². The summed E-state index contributed by atoms with van der Waals surface area (Å²) in [6.07, 6.45) is 3.94. The van der Waals surface area contributed by atoms with Gasteiger partial charge in [0.1, 0.15) is 0 Å². The average molecular weight is 226 g/mol. The lowest BCUT2D eigenvalue weighted by molar-refractivity contribution is 0.321. The van der Waals surface area contributed by atoms with Crippen LogP contribution in [0.25, 0.3) is 0 Å². The summed E-state index contributed by atoms with van der Waals surface area (Å²) >= 11 is 1.83. The van der Waals surface area contributed by atoms with Crippen LogP contribution in [0.1, 0.15) is 35.9 Å². The molecule has 0 unspecified atom stereocenters. The van der Waals surface area contributed by atoms with Crippen LogP contribution >= 0.6 is 11.3 Å². The quantitative estimate of drug-likeness (QED) is 0.724. The van der Waals surface area contributed by atoms with Crippen LogP contribution in [-0.4, -0.2) is 18.5 Å². The maximum atomic E-state index is 5.59. The molecule has 86 valence electrons. The van der Waals surface area contributed by atoms with Crippen molar-refractivity contribution in [1.82, 2.24) is 4.90 Å². The predicted octanol–water partition coefficient (Wildman–Crippen LogP) is 2.83. The highest BCUT2D eigenvalue weighted by Crippen LogP contribution is 2.17. The second-order valence-electron chi connectivity index (χ2n) is 4.02. The van der Waals surface area contributed by atoms with Crippen LogP contribution in [0.4, 0.5) is 0 Å². The van der Waals surface area contributed by atoms with Gasteiger partial charge in [-0.05, 0) is 32.1 Å². The van der Waals surface area contributed by atoms with E-state index in [0.717, 1.165) is 6.54 Å². The van der Waals surface area contributed by atoms with Gasteiger partial charge in [0.05, 0.1) is 0 Å². The van der Waals surface area contributed by atoms with Crippen molar-refractivity contribution >= 4 is 11.3 Å². The highest BCUT2D eigenvalue weighted by Gasteiger charge is 2.02. The summed E-state index contributed by atoms with van der Waals surface area (Å²) in [6.45, 7) is 5.18. The zero-order chi connectivity index (χ0) is 11.1. The Morgan fingerprint density at radius 2 is 2.00 bits per heavy atom. The van der Waals surface area contributed by atoms with E-state index in [1.807, 2.05) is 11.3 Å². The van der Waals surface area contributed by atoms with E-state index in [2.05, 4.69) is 31.0 Å². The molecule has 1 aromatic heterocycles. The molecule has 0 radical (unpaired) electrons. The van der Waals surface area contributed by atoms with E-state index >= 15 is 0 Å². The summed E-state index contributed by atoms with van der Waals surface area (Å²) in [5.74, 6) is 0. The molecule has 0 aliphatic heterocycles. The summed E-state index contributed by atoms with van der Waals surface area (Å²) < 4.78 is 0. The van der Waals surface area contributed by atoms with Gasteiger partial charge in [-0.15, -0.1) is 11.3 Å². The first-order chi connectivity index (χ1) is 7.26. The van der Waals surface area contributed by atoms with E-state index in [1.165, 1.54) is 35.6 Å². The van der Waals surface area contributed by atoms with Crippen LogP contribution < -0.4 is 5.73 Å². The molecule has 0 aliphatic carbocycles. The van der Waals surface area contributed by atoms with Gasteiger partial charge in [-0.1, -0.05) is 19.8 Å². The molecule has 0 aliphatic rings. The van der Waals surface area contributed by atoms with Gasteiger partial charge in [-0.3, -0.25) is 0 Å². The monoisotopic (exact) mass is 226 g/mol.